The van der Waals surface area contributed by atoms with Gasteiger partial charge in [-0.15, -0.1) is 10.2 Å². The maximum Gasteiger partial charge on any atom is 0.259 e. The van der Waals surface area contributed by atoms with Crippen LogP contribution in [0.25, 0.3) is 32.7 Å². The molecule has 1 aliphatic carbocycles. The highest BCUT2D eigenvalue weighted by molar-refractivity contribution is 6.34. The van der Waals surface area contributed by atoms with Crippen LogP contribution in [0.5, 0.6) is 11.5 Å². The molecule has 4 N–H and O–H groups in total. The molecule has 13 heteroatoms. The molecule has 0 spiro atoms. The Hall–Kier alpha value is -7.73. The van der Waals surface area contributed by atoms with Crippen LogP contribution in [0, 0.1) is 0 Å². The highest BCUT2D eigenvalue weighted by Crippen LogP contribution is 2.41. The Balaban J connectivity index is 0.927. The van der Waals surface area contributed by atoms with Gasteiger partial charge in [0.1, 0.15) is 11.5 Å². The summed E-state index contributed by atoms with van der Waals surface area (Å²) in [4.78, 5) is 39.8. The first-order valence-corrected chi connectivity index (χ1v) is 19.2. The van der Waals surface area contributed by atoms with Crippen LogP contribution in [-0.2, 0) is 0 Å². The van der Waals surface area contributed by atoms with E-state index in [1.165, 1.54) is 12.1 Å². The first kappa shape index (κ1) is 37.8. The van der Waals surface area contributed by atoms with Crippen molar-refractivity contribution in [2.75, 3.05) is 10.6 Å². The molecule has 8 aromatic carbocycles. The lowest BCUT2D eigenvalue weighted by molar-refractivity contribution is 0.101. The number of halogens is 2. The molecule has 2 amide bonds. The molecule has 0 fully saturated rings. The van der Waals surface area contributed by atoms with Crippen molar-refractivity contribution in [3.8, 4) is 22.6 Å². The van der Waals surface area contributed by atoms with Crippen molar-refractivity contribution in [3.63, 3.8) is 0 Å². The Morgan fingerprint density at radius 3 is 1.33 bits per heavy atom. The third-order valence-corrected chi connectivity index (χ3v) is 10.7. The van der Waals surface area contributed by atoms with Crippen molar-refractivity contribution in [3.05, 3.63) is 178 Å². The minimum absolute atomic E-state index is 0.0684. The predicted molar refractivity (Wildman–Crippen MR) is 234 cm³/mol. The number of amides is 2. The molecular formula is C47H28Cl2N6O5. The SMILES string of the molecule is O=C(Nc1ccccc1Cl)c1cc2cccc(N=Nc3ccc4c(c3)C(=O)c3cc(N=Nc5cccc6cc(C(=O)Nc7ccccc7Cl)c(O)cc56)ccc3-4)c2cc1O. The van der Waals surface area contributed by atoms with Crippen molar-refractivity contribution in [1.29, 1.82) is 0 Å². The number of aromatic hydroxyl groups is 2. The topological polar surface area (TPSA) is 165 Å². The Bertz CT molecular complexity index is 2970. The molecule has 9 rings (SSSR count). The number of fused-ring (bicyclic) bond motifs is 5. The lowest BCUT2D eigenvalue weighted by Gasteiger charge is -2.10. The summed E-state index contributed by atoms with van der Waals surface area (Å²) in [5, 5.41) is 48.1. The Morgan fingerprint density at radius 2 is 0.900 bits per heavy atom. The molecule has 0 aromatic heterocycles. The number of hydrogen-bond acceptors (Lipinski definition) is 9. The van der Waals surface area contributed by atoms with Crippen LogP contribution in [0.2, 0.25) is 10.0 Å². The monoisotopic (exact) mass is 826 g/mol. The number of rotatable bonds is 8. The number of phenolic OH excluding ortho intramolecular Hbond substituents is 2. The van der Waals surface area contributed by atoms with Gasteiger partial charge >= 0.3 is 0 Å². The number of nitrogens with zero attached hydrogens (tertiary/aromatic N) is 4. The fraction of sp³-hybridized carbons (Fsp3) is 0. The summed E-state index contributed by atoms with van der Waals surface area (Å²) in [6.45, 7) is 0. The van der Waals surface area contributed by atoms with E-state index in [2.05, 4.69) is 31.1 Å². The van der Waals surface area contributed by atoms with Gasteiger partial charge < -0.3 is 20.8 Å². The number of azo groups is 2. The Morgan fingerprint density at radius 1 is 0.467 bits per heavy atom. The van der Waals surface area contributed by atoms with Gasteiger partial charge in [-0.3, -0.25) is 14.4 Å². The summed E-state index contributed by atoms with van der Waals surface area (Å²) in [6, 6.07) is 40.8. The Labute approximate surface area is 351 Å². The minimum atomic E-state index is -0.520. The molecule has 0 radical (unpaired) electrons. The van der Waals surface area contributed by atoms with Gasteiger partial charge in [0.2, 0.25) is 0 Å². The highest BCUT2D eigenvalue weighted by Gasteiger charge is 2.27. The number of carbonyl (C=O) groups is 3. The first-order valence-electron chi connectivity index (χ1n) is 18.4. The van der Waals surface area contributed by atoms with Crippen molar-refractivity contribution < 1.29 is 24.6 Å². The summed E-state index contributed by atoms with van der Waals surface area (Å²) < 4.78 is 0. The van der Waals surface area contributed by atoms with E-state index < -0.39 is 11.8 Å². The summed E-state index contributed by atoms with van der Waals surface area (Å²) in [7, 11) is 0. The van der Waals surface area contributed by atoms with Gasteiger partial charge in [0, 0.05) is 21.9 Å². The van der Waals surface area contributed by atoms with Crippen LogP contribution < -0.4 is 10.6 Å². The van der Waals surface area contributed by atoms with Crippen LogP contribution >= 0.6 is 23.2 Å². The van der Waals surface area contributed by atoms with Crippen LogP contribution in [0.1, 0.15) is 36.6 Å². The van der Waals surface area contributed by atoms with Gasteiger partial charge in [0.25, 0.3) is 11.8 Å². The molecular weight excluding hydrogens is 799 g/mol. The summed E-state index contributed by atoms with van der Waals surface area (Å²) in [6.07, 6.45) is 0. The molecule has 60 heavy (non-hydrogen) atoms. The third-order valence-electron chi connectivity index (χ3n) is 10.0. The molecule has 1 aliphatic rings. The molecule has 0 unspecified atom stereocenters. The number of anilines is 2. The number of para-hydroxylation sites is 2. The van der Waals surface area contributed by atoms with Gasteiger partial charge in [0.15, 0.2) is 5.78 Å². The van der Waals surface area contributed by atoms with Crippen molar-refractivity contribution >= 4 is 96.5 Å². The van der Waals surface area contributed by atoms with Crippen molar-refractivity contribution in [2.45, 2.75) is 0 Å². The van der Waals surface area contributed by atoms with Crippen LogP contribution in [0.4, 0.5) is 34.1 Å². The van der Waals surface area contributed by atoms with E-state index in [0.29, 0.717) is 76.8 Å². The zero-order valence-electron chi connectivity index (χ0n) is 31.0. The first-order chi connectivity index (χ1) is 29.1. The fourth-order valence-corrected chi connectivity index (χ4v) is 7.41. The number of ketones is 1. The Kier molecular flexibility index (Phi) is 9.81. The molecule has 0 atom stereocenters. The van der Waals surface area contributed by atoms with Crippen LogP contribution in [0.3, 0.4) is 0 Å². The molecule has 11 nitrogen and oxygen atoms in total. The van der Waals surface area contributed by atoms with Gasteiger partial charge in [-0.2, -0.15) is 10.2 Å². The standard InChI is InChI=1S/C47H28Cl2N6O5/c48-37-9-1-3-11-41(37)50-46(59)35-19-25-7-5-13-39(31(25)23-43(35)56)54-52-27-15-17-29-30-18-16-28(22-34(30)45(58)33(29)21-27)53-55-40-14-6-8-26-20-36(44(57)24-32(26)40)47(60)51-42-12-4-2-10-38(42)49/h1-24,56-57H,(H,50,59)(H,51,60). The molecule has 0 bridgehead atoms. The highest BCUT2D eigenvalue weighted by atomic mass is 35.5. The molecule has 0 aliphatic heterocycles. The lowest BCUT2D eigenvalue weighted by atomic mass is 10.0. The van der Waals surface area contributed by atoms with E-state index in [1.807, 2.05) is 12.1 Å². The zero-order chi connectivity index (χ0) is 41.5. The van der Waals surface area contributed by atoms with E-state index in [-0.39, 0.29) is 28.4 Å². The molecule has 8 aromatic rings. The van der Waals surface area contributed by atoms with Gasteiger partial charge in [-0.05, 0) is 107 Å². The molecule has 290 valence electrons. The third kappa shape index (κ3) is 7.19. The number of nitrogens with one attached hydrogen (secondary N) is 2. The maximum absolute atomic E-state index is 13.7. The lowest BCUT2D eigenvalue weighted by Crippen LogP contribution is -2.12. The average molecular weight is 828 g/mol. The normalized spacial score (nSPS) is 12.0. The van der Waals surface area contributed by atoms with Gasteiger partial charge in [-0.1, -0.05) is 83.9 Å². The second-order valence-electron chi connectivity index (χ2n) is 13.8. The van der Waals surface area contributed by atoms with Crippen LogP contribution in [-0.4, -0.2) is 27.8 Å². The smallest absolute Gasteiger partial charge is 0.259 e. The minimum Gasteiger partial charge on any atom is -0.507 e. The zero-order valence-corrected chi connectivity index (χ0v) is 32.5. The fourth-order valence-electron chi connectivity index (χ4n) is 7.04. The number of benzene rings is 8. The number of carbonyl (C=O) groups excluding carboxylic acids is 3. The molecule has 0 saturated heterocycles. The summed E-state index contributed by atoms with van der Waals surface area (Å²) in [5.41, 5.74) is 5.16. The second kappa shape index (κ2) is 15.6. The van der Waals surface area contributed by atoms with E-state index in [1.54, 1.807) is 121 Å². The maximum atomic E-state index is 13.7. The number of phenols is 2. The summed E-state index contributed by atoms with van der Waals surface area (Å²) >= 11 is 12.4. The van der Waals surface area contributed by atoms with Crippen molar-refractivity contribution in [1.82, 2.24) is 0 Å². The molecule has 0 heterocycles. The van der Waals surface area contributed by atoms with Gasteiger partial charge in [-0.25, -0.2) is 0 Å². The second-order valence-corrected chi connectivity index (χ2v) is 14.6. The number of hydrogen-bond donors (Lipinski definition) is 4. The van der Waals surface area contributed by atoms with Gasteiger partial charge in [0.05, 0.1) is 55.3 Å². The average Bonchev–Trinajstić information content (AvgIpc) is 3.53. The van der Waals surface area contributed by atoms with E-state index in [4.69, 9.17) is 23.2 Å². The van der Waals surface area contributed by atoms with E-state index in [9.17, 15) is 24.6 Å². The quantitative estimate of drug-likeness (QED) is 0.112. The summed E-state index contributed by atoms with van der Waals surface area (Å²) in [5.74, 6) is -1.72. The largest absolute Gasteiger partial charge is 0.507 e. The molecule has 0 saturated carbocycles. The van der Waals surface area contributed by atoms with E-state index in [0.717, 1.165) is 11.1 Å². The predicted octanol–water partition coefficient (Wildman–Crippen LogP) is 13.3. The van der Waals surface area contributed by atoms with E-state index >= 15 is 0 Å². The van der Waals surface area contributed by atoms with Crippen molar-refractivity contribution in [2.24, 2.45) is 20.5 Å². The van der Waals surface area contributed by atoms with Crippen LogP contribution in [0.15, 0.2) is 166 Å².